The molecule has 0 bridgehead atoms. The van der Waals surface area contributed by atoms with E-state index in [1.54, 1.807) is 31.6 Å². The van der Waals surface area contributed by atoms with Gasteiger partial charge in [-0.2, -0.15) is 0 Å². The van der Waals surface area contributed by atoms with Gasteiger partial charge in [0.05, 0.1) is 23.5 Å². The first-order valence-corrected chi connectivity index (χ1v) is 7.65. The largest absolute Gasteiger partial charge is 0.379 e. The summed E-state index contributed by atoms with van der Waals surface area (Å²) in [6.07, 6.45) is 3.50. The number of aryl methyl sites for hydroxylation is 2. The number of anilines is 1. The van der Waals surface area contributed by atoms with Gasteiger partial charge in [0.2, 0.25) is 10.0 Å². The summed E-state index contributed by atoms with van der Waals surface area (Å²) in [7, 11) is -0.119. The zero-order valence-electron chi connectivity index (χ0n) is 11.7. The zero-order valence-corrected chi connectivity index (χ0v) is 12.5. The fraction of sp³-hybridized carbons (Fsp3) is 0.308. The summed E-state index contributed by atoms with van der Waals surface area (Å²) in [4.78, 5) is 4.32. The van der Waals surface area contributed by atoms with Gasteiger partial charge in [-0.25, -0.2) is 18.1 Å². The molecule has 2 rings (SSSR count). The number of sulfonamides is 1. The topological polar surface area (TPSA) is 76.0 Å². The van der Waals surface area contributed by atoms with E-state index in [2.05, 4.69) is 15.0 Å². The lowest BCUT2D eigenvalue weighted by Gasteiger charge is -2.11. The van der Waals surface area contributed by atoms with Crippen molar-refractivity contribution >= 4 is 15.7 Å². The van der Waals surface area contributed by atoms with Crippen molar-refractivity contribution in [2.24, 2.45) is 7.05 Å². The molecule has 0 atom stereocenters. The van der Waals surface area contributed by atoms with Crippen LogP contribution in [-0.4, -0.2) is 25.0 Å². The van der Waals surface area contributed by atoms with E-state index in [9.17, 15) is 8.42 Å². The molecule has 1 heterocycles. The van der Waals surface area contributed by atoms with Gasteiger partial charge in [-0.05, 0) is 31.7 Å². The third-order valence-corrected chi connectivity index (χ3v) is 4.69. The second-order valence-corrected chi connectivity index (χ2v) is 6.39. The van der Waals surface area contributed by atoms with Crippen LogP contribution >= 0.6 is 0 Å². The highest BCUT2D eigenvalue weighted by molar-refractivity contribution is 7.89. The minimum atomic E-state index is -3.44. The Kier molecular flexibility index (Phi) is 4.10. The standard InChI is InChI=1S/C13H18N4O2S/c1-10-4-5-11(6-13(10)20(18,19)14-2)16-8-12-7-15-9-17(12)3/h4-7,9,14,16H,8H2,1-3H3. The molecule has 2 N–H and O–H groups in total. The molecule has 1 aromatic carbocycles. The number of hydrogen-bond acceptors (Lipinski definition) is 4. The van der Waals surface area contributed by atoms with Crippen LogP contribution in [0, 0.1) is 6.92 Å². The number of nitrogens with one attached hydrogen (secondary N) is 2. The average molecular weight is 294 g/mol. The predicted octanol–water partition coefficient (Wildman–Crippen LogP) is 1.25. The van der Waals surface area contributed by atoms with Crippen LogP contribution in [0.25, 0.3) is 0 Å². The van der Waals surface area contributed by atoms with Crippen molar-refractivity contribution in [3.63, 3.8) is 0 Å². The summed E-state index contributed by atoms with van der Waals surface area (Å²) in [5, 5.41) is 3.20. The van der Waals surface area contributed by atoms with E-state index < -0.39 is 10.0 Å². The monoisotopic (exact) mass is 294 g/mol. The van der Waals surface area contributed by atoms with E-state index in [4.69, 9.17) is 0 Å². The van der Waals surface area contributed by atoms with Crippen LogP contribution in [-0.2, 0) is 23.6 Å². The first kappa shape index (κ1) is 14.5. The van der Waals surface area contributed by atoms with Gasteiger partial charge in [0.15, 0.2) is 0 Å². The van der Waals surface area contributed by atoms with Crippen LogP contribution in [0.2, 0.25) is 0 Å². The molecule has 0 radical (unpaired) electrons. The lowest BCUT2D eigenvalue weighted by Crippen LogP contribution is -2.19. The fourth-order valence-corrected chi connectivity index (χ4v) is 2.85. The summed E-state index contributed by atoms with van der Waals surface area (Å²) in [5.41, 5.74) is 2.49. The molecule has 108 valence electrons. The Morgan fingerprint density at radius 1 is 1.35 bits per heavy atom. The maximum atomic E-state index is 11.9. The molecule has 1 aromatic heterocycles. The summed E-state index contributed by atoms with van der Waals surface area (Å²) >= 11 is 0. The van der Waals surface area contributed by atoms with Crippen molar-refractivity contribution in [1.29, 1.82) is 0 Å². The summed E-state index contributed by atoms with van der Waals surface area (Å²) in [6.45, 7) is 2.35. The van der Waals surface area contributed by atoms with Gasteiger partial charge in [-0.1, -0.05) is 6.07 Å². The Hall–Kier alpha value is -1.86. The highest BCUT2D eigenvalue weighted by Crippen LogP contribution is 2.20. The maximum Gasteiger partial charge on any atom is 0.240 e. The maximum absolute atomic E-state index is 11.9. The van der Waals surface area contributed by atoms with Crippen molar-refractivity contribution in [2.75, 3.05) is 12.4 Å². The van der Waals surface area contributed by atoms with Gasteiger partial charge < -0.3 is 9.88 Å². The van der Waals surface area contributed by atoms with Crippen molar-refractivity contribution in [2.45, 2.75) is 18.4 Å². The second kappa shape index (κ2) is 5.64. The minimum absolute atomic E-state index is 0.287. The number of rotatable bonds is 5. The second-order valence-electron chi connectivity index (χ2n) is 4.54. The number of hydrogen-bond donors (Lipinski definition) is 2. The lowest BCUT2D eigenvalue weighted by molar-refractivity contribution is 0.587. The Balaban J connectivity index is 2.22. The number of benzene rings is 1. The van der Waals surface area contributed by atoms with Crippen LogP contribution in [0.1, 0.15) is 11.3 Å². The molecule has 0 amide bonds. The van der Waals surface area contributed by atoms with Gasteiger partial charge >= 0.3 is 0 Å². The van der Waals surface area contributed by atoms with Crippen LogP contribution in [0.4, 0.5) is 5.69 Å². The van der Waals surface area contributed by atoms with E-state index in [-0.39, 0.29) is 4.90 Å². The van der Waals surface area contributed by atoms with E-state index in [0.29, 0.717) is 12.1 Å². The first-order valence-electron chi connectivity index (χ1n) is 6.17. The molecule has 0 aliphatic carbocycles. The molecule has 7 heteroatoms. The third kappa shape index (κ3) is 3.00. The van der Waals surface area contributed by atoms with Crippen molar-refractivity contribution in [1.82, 2.24) is 14.3 Å². The molecule has 0 spiro atoms. The van der Waals surface area contributed by atoms with Gasteiger partial charge in [0, 0.05) is 18.9 Å². The average Bonchev–Trinajstić information content (AvgIpc) is 2.83. The molecule has 0 fully saturated rings. The van der Waals surface area contributed by atoms with Crippen molar-refractivity contribution < 1.29 is 8.42 Å². The molecule has 0 aliphatic rings. The third-order valence-electron chi connectivity index (χ3n) is 3.14. The normalized spacial score (nSPS) is 11.6. The Labute approximate surface area is 118 Å². The minimum Gasteiger partial charge on any atom is -0.379 e. The van der Waals surface area contributed by atoms with E-state index in [1.165, 1.54) is 7.05 Å². The molecular weight excluding hydrogens is 276 g/mol. The highest BCUT2D eigenvalue weighted by atomic mass is 32.2. The molecule has 0 aliphatic heterocycles. The summed E-state index contributed by atoms with van der Waals surface area (Å²) < 4.78 is 28.1. The number of aromatic nitrogens is 2. The molecular formula is C13H18N4O2S. The SMILES string of the molecule is CNS(=O)(=O)c1cc(NCc2cncn2C)ccc1C. The Morgan fingerprint density at radius 2 is 2.10 bits per heavy atom. The Bertz CT molecular complexity index is 707. The molecule has 20 heavy (non-hydrogen) atoms. The smallest absolute Gasteiger partial charge is 0.240 e. The van der Waals surface area contributed by atoms with Gasteiger partial charge in [0.1, 0.15) is 0 Å². The van der Waals surface area contributed by atoms with Gasteiger partial charge in [-0.3, -0.25) is 0 Å². The van der Waals surface area contributed by atoms with Crippen LogP contribution in [0.3, 0.4) is 0 Å². The first-order chi connectivity index (χ1) is 9.44. The number of nitrogens with zero attached hydrogens (tertiary/aromatic N) is 2. The fourth-order valence-electron chi connectivity index (χ4n) is 1.86. The van der Waals surface area contributed by atoms with Crippen LogP contribution in [0.5, 0.6) is 0 Å². The molecule has 0 saturated heterocycles. The molecule has 2 aromatic rings. The quantitative estimate of drug-likeness (QED) is 0.870. The van der Waals surface area contributed by atoms with Crippen molar-refractivity contribution in [3.8, 4) is 0 Å². The van der Waals surface area contributed by atoms with E-state index in [0.717, 1.165) is 11.4 Å². The summed E-state index contributed by atoms with van der Waals surface area (Å²) in [6, 6.07) is 5.29. The molecule has 0 unspecified atom stereocenters. The Morgan fingerprint density at radius 3 is 2.70 bits per heavy atom. The summed E-state index contributed by atoms with van der Waals surface area (Å²) in [5.74, 6) is 0. The van der Waals surface area contributed by atoms with Crippen molar-refractivity contribution in [3.05, 3.63) is 42.0 Å². The van der Waals surface area contributed by atoms with E-state index >= 15 is 0 Å². The van der Waals surface area contributed by atoms with E-state index in [1.807, 2.05) is 17.7 Å². The van der Waals surface area contributed by atoms with Gasteiger partial charge in [-0.15, -0.1) is 0 Å². The molecule has 6 nitrogen and oxygen atoms in total. The van der Waals surface area contributed by atoms with Crippen LogP contribution < -0.4 is 10.0 Å². The predicted molar refractivity (Wildman–Crippen MR) is 78.0 cm³/mol. The van der Waals surface area contributed by atoms with Gasteiger partial charge in [0.25, 0.3) is 0 Å². The molecule has 0 saturated carbocycles. The lowest BCUT2D eigenvalue weighted by atomic mass is 10.2. The highest BCUT2D eigenvalue weighted by Gasteiger charge is 2.15. The van der Waals surface area contributed by atoms with Crippen LogP contribution in [0.15, 0.2) is 35.6 Å². The zero-order chi connectivity index (χ0) is 14.8. The number of imidazole rings is 1.